The van der Waals surface area contributed by atoms with Crippen molar-refractivity contribution in [3.05, 3.63) is 23.8 Å². The van der Waals surface area contributed by atoms with E-state index in [1.807, 2.05) is 23.1 Å². The van der Waals surface area contributed by atoms with Crippen LogP contribution in [0.4, 0.5) is 0 Å². The van der Waals surface area contributed by atoms with E-state index in [9.17, 15) is 4.79 Å². The van der Waals surface area contributed by atoms with Gasteiger partial charge in [-0.3, -0.25) is 4.79 Å². The second kappa shape index (κ2) is 9.24. The minimum atomic E-state index is 0.192. The van der Waals surface area contributed by atoms with Crippen LogP contribution >= 0.6 is 0 Å². The molecule has 1 N–H and O–H groups in total. The summed E-state index contributed by atoms with van der Waals surface area (Å²) in [4.78, 5) is 14.8. The number of rotatable bonds is 8. The molecule has 0 aliphatic carbocycles. The van der Waals surface area contributed by atoms with Crippen LogP contribution in [0.3, 0.4) is 0 Å². The maximum absolute atomic E-state index is 12.9. The number of hydrogen-bond acceptors (Lipinski definition) is 5. The van der Waals surface area contributed by atoms with E-state index in [1.54, 1.807) is 7.11 Å². The summed E-state index contributed by atoms with van der Waals surface area (Å²) >= 11 is 0. The Labute approximate surface area is 155 Å². The number of amides is 1. The molecule has 0 spiro atoms. The van der Waals surface area contributed by atoms with Gasteiger partial charge in [0.1, 0.15) is 0 Å². The Balaban J connectivity index is 1.61. The Morgan fingerprint density at radius 1 is 1.38 bits per heavy atom. The first kappa shape index (κ1) is 19.0. The molecule has 1 aromatic carbocycles. The smallest absolute Gasteiger partial charge is 0.231 e. The third-order valence-corrected chi connectivity index (χ3v) is 5.36. The van der Waals surface area contributed by atoms with Crippen molar-refractivity contribution in [3.63, 3.8) is 0 Å². The topological polar surface area (TPSA) is 60.0 Å². The Morgan fingerprint density at radius 3 is 3.00 bits per heavy atom. The van der Waals surface area contributed by atoms with Crippen LogP contribution in [0.5, 0.6) is 11.5 Å². The molecular weight excluding hydrogens is 332 g/mol. The molecule has 0 bridgehead atoms. The number of ether oxygens (including phenoxy) is 3. The Hall–Kier alpha value is -1.79. The average molecular weight is 362 g/mol. The zero-order chi connectivity index (χ0) is 18.4. The lowest BCUT2D eigenvalue weighted by Crippen LogP contribution is -2.38. The van der Waals surface area contributed by atoms with Crippen molar-refractivity contribution in [2.24, 2.45) is 11.8 Å². The monoisotopic (exact) mass is 362 g/mol. The molecule has 3 rings (SSSR count). The zero-order valence-electron chi connectivity index (χ0n) is 15.8. The van der Waals surface area contributed by atoms with E-state index in [0.717, 1.165) is 30.2 Å². The molecular formula is C20H30N2O4. The molecule has 2 heterocycles. The number of fused-ring (bicyclic) bond motifs is 1. The van der Waals surface area contributed by atoms with Crippen LogP contribution < -0.4 is 14.8 Å². The van der Waals surface area contributed by atoms with E-state index in [-0.39, 0.29) is 12.7 Å². The molecule has 144 valence electrons. The lowest BCUT2D eigenvalue weighted by atomic mass is 9.85. The predicted octanol–water partition coefficient (Wildman–Crippen LogP) is 2.42. The predicted molar refractivity (Wildman–Crippen MR) is 99.2 cm³/mol. The quantitative estimate of drug-likeness (QED) is 0.770. The van der Waals surface area contributed by atoms with E-state index in [4.69, 9.17) is 14.2 Å². The first-order valence-electron chi connectivity index (χ1n) is 9.53. The fourth-order valence-corrected chi connectivity index (χ4v) is 3.69. The average Bonchev–Trinajstić information content (AvgIpc) is 3.13. The molecule has 0 aromatic heterocycles. The SMILES string of the molecule is COCCN(Cc1ccc2c(c1)OCO2)C(=O)CC(C)C1CCCNC1. The highest BCUT2D eigenvalue weighted by Gasteiger charge is 2.25. The highest BCUT2D eigenvalue weighted by Crippen LogP contribution is 2.33. The normalized spacial score (nSPS) is 20.0. The summed E-state index contributed by atoms with van der Waals surface area (Å²) < 4.78 is 16.0. The van der Waals surface area contributed by atoms with Gasteiger partial charge >= 0.3 is 0 Å². The second-order valence-electron chi connectivity index (χ2n) is 7.28. The summed E-state index contributed by atoms with van der Waals surface area (Å²) in [7, 11) is 1.67. The molecule has 6 heteroatoms. The van der Waals surface area contributed by atoms with E-state index >= 15 is 0 Å². The zero-order valence-corrected chi connectivity index (χ0v) is 15.8. The number of carbonyl (C=O) groups is 1. The van der Waals surface area contributed by atoms with Crippen LogP contribution in [0.2, 0.25) is 0 Å². The number of methoxy groups -OCH3 is 1. The van der Waals surface area contributed by atoms with Crippen molar-refractivity contribution in [1.82, 2.24) is 10.2 Å². The molecule has 26 heavy (non-hydrogen) atoms. The molecule has 0 saturated carbocycles. The second-order valence-corrected chi connectivity index (χ2v) is 7.28. The van der Waals surface area contributed by atoms with Crippen molar-refractivity contribution in [1.29, 1.82) is 0 Å². The first-order valence-corrected chi connectivity index (χ1v) is 9.53. The van der Waals surface area contributed by atoms with Crippen LogP contribution in [0.25, 0.3) is 0 Å². The van der Waals surface area contributed by atoms with Crippen molar-refractivity contribution in [2.45, 2.75) is 32.7 Å². The largest absolute Gasteiger partial charge is 0.454 e. The minimum Gasteiger partial charge on any atom is -0.454 e. The van der Waals surface area contributed by atoms with Gasteiger partial charge in [0.05, 0.1) is 6.61 Å². The van der Waals surface area contributed by atoms with Gasteiger partial charge < -0.3 is 24.4 Å². The van der Waals surface area contributed by atoms with Gasteiger partial charge in [-0.15, -0.1) is 0 Å². The number of nitrogens with one attached hydrogen (secondary N) is 1. The van der Waals surface area contributed by atoms with E-state index in [0.29, 0.717) is 38.0 Å². The van der Waals surface area contributed by atoms with Crippen LogP contribution in [-0.4, -0.2) is 51.0 Å². The maximum atomic E-state index is 12.9. The number of carbonyl (C=O) groups excluding carboxylic acids is 1. The van der Waals surface area contributed by atoms with Gasteiger partial charge in [-0.05, 0) is 55.5 Å². The molecule has 0 radical (unpaired) electrons. The van der Waals surface area contributed by atoms with Crippen molar-refractivity contribution in [3.8, 4) is 11.5 Å². The number of nitrogens with zero attached hydrogens (tertiary/aromatic N) is 1. The Kier molecular flexibility index (Phi) is 6.74. The molecule has 2 atom stereocenters. The Morgan fingerprint density at radius 2 is 2.23 bits per heavy atom. The minimum absolute atomic E-state index is 0.192. The fraction of sp³-hybridized carbons (Fsp3) is 0.650. The van der Waals surface area contributed by atoms with E-state index < -0.39 is 0 Å². The van der Waals surface area contributed by atoms with Gasteiger partial charge in [0.15, 0.2) is 11.5 Å². The summed E-state index contributed by atoms with van der Waals surface area (Å²) in [5.41, 5.74) is 1.05. The van der Waals surface area contributed by atoms with Gasteiger partial charge in [-0.25, -0.2) is 0 Å². The molecule has 1 saturated heterocycles. The van der Waals surface area contributed by atoms with E-state index in [2.05, 4.69) is 12.2 Å². The summed E-state index contributed by atoms with van der Waals surface area (Å²) in [6.45, 7) is 6.28. The standard InChI is InChI=1S/C20H30N2O4/c1-15(17-4-3-7-21-12-17)10-20(23)22(8-9-24-2)13-16-5-6-18-19(11-16)26-14-25-18/h5-6,11,15,17,21H,3-4,7-10,12-14H2,1-2H3. The lowest BCUT2D eigenvalue weighted by Gasteiger charge is -2.30. The number of hydrogen-bond donors (Lipinski definition) is 1. The first-order chi connectivity index (χ1) is 12.7. The molecule has 2 unspecified atom stereocenters. The van der Waals surface area contributed by atoms with Gasteiger partial charge in [0.25, 0.3) is 0 Å². The van der Waals surface area contributed by atoms with Crippen LogP contribution in [-0.2, 0) is 16.1 Å². The maximum Gasteiger partial charge on any atom is 0.231 e. The highest BCUT2D eigenvalue weighted by molar-refractivity contribution is 5.76. The third kappa shape index (κ3) is 4.89. The van der Waals surface area contributed by atoms with Gasteiger partial charge in [0.2, 0.25) is 12.7 Å². The Bertz CT molecular complexity index is 601. The lowest BCUT2D eigenvalue weighted by molar-refractivity contribution is -0.133. The summed E-state index contributed by atoms with van der Waals surface area (Å²) in [5.74, 6) is 2.68. The fourth-order valence-electron chi connectivity index (χ4n) is 3.69. The van der Waals surface area contributed by atoms with Crippen LogP contribution in [0, 0.1) is 11.8 Å². The number of benzene rings is 1. The summed E-state index contributed by atoms with van der Waals surface area (Å²) in [5, 5.41) is 3.45. The van der Waals surface area contributed by atoms with Gasteiger partial charge in [-0.2, -0.15) is 0 Å². The van der Waals surface area contributed by atoms with Crippen molar-refractivity contribution < 1.29 is 19.0 Å². The molecule has 1 amide bonds. The number of piperidine rings is 1. The molecule has 1 aromatic rings. The van der Waals surface area contributed by atoms with E-state index in [1.165, 1.54) is 12.8 Å². The molecule has 2 aliphatic heterocycles. The third-order valence-electron chi connectivity index (χ3n) is 5.36. The van der Waals surface area contributed by atoms with Crippen LogP contribution in [0.1, 0.15) is 31.7 Å². The molecule has 2 aliphatic rings. The van der Waals surface area contributed by atoms with Crippen molar-refractivity contribution in [2.75, 3.05) is 40.1 Å². The van der Waals surface area contributed by atoms with Gasteiger partial charge in [-0.1, -0.05) is 13.0 Å². The summed E-state index contributed by atoms with van der Waals surface area (Å²) in [6.07, 6.45) is 3.00. The summed E-state index contributed by atoms with van der Waals surface area (Å²) in [6, 6.07) is 5.87. The van der Waals surface area contributed by atoms with Crippen LogP contribution in [0.15, 0.2) is 18.2 Å². The highest BCUT2D eigenvalue weighted by atomic mass is 16.7. The van der Waals surface area contributed by atoms with Gasteiger partial charge in [0, 0.05) is 26.6 Å². The molecule has 1 fully saturated rings. The molecule has 6 nitrogen and oxygen atoms in total. The van der Waals surface area contributed by atoms with Crippen molar-refractivity contribution >= 4 is 5.91 Å².